The van der Waals surface area contributed by atoms with E-state index in [0.29, 0.717) is 34.5 Å². The molecule has 6 fully saturated rings. The summed E-state index contributed by atoms with van der Waals surface area (Å²) in [4.78, 5) is 25.6. The van der Waals surface area contributed by atoms with Crippen molar-refractivity contribution in [3.05, 3.63) is 0 Å². The molecule has 1 aliphatic heterocycles. The standard InChI is InChI=1S/C33H53NO6/c1-29(2,39)12-7-6-8-22-24(35)16-23-21-9-10-25-30(3,4)26(40-28(38)34-17-20(18-34)27(36)37)11-13-33(25)19-32(21,33)15-14-31(22,23)5/h20-26,35,39H,6-19H2,1-5H3,(H,36,37)/t21-,22?,23?,24+,25?,26-,31+,32-,33+/m0/s1. The molecule has 2 spiro atoms. The number of aliphatic hydroxyl groups is 2. The van der Waals surface area contributed by atoms with E-state index in [1.807, 2.05) is 13.8 Å². The van der Waals surface area contributed by atoms with Crippen LogP contribution in [0.15, 0.2) is 0 Å². The molecule has 1 heterocycles. The van der Waals surface area contributed by atoms with Crippen LogP contribution in [0.5, 0.6) is 0 Å². The van der Waals surface area contributed by atoms with Gasteiger partial charge in [0.25, 0.3) is 0 Å². The van der Waals surface area contributed by atoms with E-state index in [2.05, 4.69) is 20.8 Å². The maximum absolute atomic E-state index is 12.9. The fourth-order valence-corrected chi connectivity index (χ4v) is 11.6. The summed E-state index contributed by atoms with van der Waals surface area (Å²) in [6.07, 6.45) is 12.5. The number of rotatable bonds is 7. The maximum Gasteiger partial charge on any atom is 0.410 e. The molecule has 1 amide bonds. The highest BCUT2D eigenvalue weighted by molar-refractivity contribution is 5.76. The van der Waals surface area contributed by atoms with Crippen LogP contribution >= 0.6 is 0 Å². The first kappa shape index (κ1) is 28.8. The van der Waals surface area contributed by atoms with Gasteiger partial charge in [0.1, 0.15) is 6.10 Å². The number of carbonyl (C=O) groups is 2. The molecule has 9 atom stereocenters. The molecule has 0 bridgehead atoms. The fraction of sp³-hybridized carbons (Fsp3) is 0.939. The van der Waals surface area contributed by atoms with E-state index in [1.165, 1.54) is 32.1 Å². The second-order valence-electron chi connectivity index (χ2n) is 16.5. The first-order valence-electron chi connectivity index (χ1n) is 16.2. The third kappa shape index (κ3) is 4.18. The van der Waals surface area contributed by atoms with E-state index in [-0.39, 0.29) is 42.2 Å². The molecule has 0 aromatic carbocycles. The average molecular weight is 560 g/mol. The summed E-state index contributed by atoms with van der Waals surface area (Å²) in [5, 5.41) is 30.6. The summed E-state index contributed by atoms with van der Waals surface area (Å²) >= 11 is 0. The minimum absolute atomic E-state index is 0.0988. The normalized spacial score (nSPS) is 45.4. The van der Waals surface area contributed by atoms with E-state index >= 15 is 0 Å². The number of carboxylic acids is 1. The van der Waals surface area contributed by atoms with Crippen LogP contribution < -0.4 is 0 Å². The molecule has 7 heteroatoms. The van der Waals surface area contributed by atoms with Crippen LogP contribution in [0, 0.1) is 51.2 Å². The number of carbonyl (C=O) groups excluding carboxylic acids is 1. The van der Waals surface area contributed by atoms with Gasteiger partial charge in [-0.15, -0.1) is 0 Å². The van der Waals surface area contributed by atoms with Gasteiger partial charge in [-0.2, -0.15) is 0 Å². The van der Waals surface area contributed by atoms with Gasteiger partial charge in [0, 0.05) is 18.5 Å². The molecule has 5 saturated carbocycles. The lowest BCUT2D eigenvalue weighted by Crippen LogP contribution is -2.57. The lowest BCUT2D eigenvalue weighted by atomic mass is 9.46. The number of carboxylic acid groups (broad SMARTS) is 1. The lowest BCUT2D eigenvalue weighted by molar-refractivity contribution is -0.149. The van der Waals surface area contributed by atoms with Gasteiger partial charge < -0.3 is 25.0 Å². The number of fused-ring (bicyclic) bond motifs is 2. The van der Waals surface area contributed by atoms with Gasteiger partial charge in [0.15, 0.2) is 0 Å². The molecule has 7 nitrogen and oxygen atoms in total. The van der Waals surface area contributed by atoms with Crippen LogP contribution in [-0.4, -0.2) is 63.2 Å². The highest BCUT2D eigenvalue weighted by atomic mass is 16.6. The molecule has 1 saturated heterocycles. The van der Waals surface area contributed by atoms with E-state index in [9.17, 15) is 19.8 Å². The summed E-state index contributed by atoms with van der Waals surface area (Å²) in [5.41, 5.74) is 0.255. The molecule has 3 N–H and O–H groups in total. The van der Waals surface area contributed by atoms with E-state index in [0.717, 1.165) is 44.9 Å². The highest BCUT2D eigenvalue weighted by Gasteiger charge is 2.80. The molecule has 226 valence electrons. The van der Waals surface area contributed by atoms with Crippen molar-refractivity contribution in [3.63, 3.8) is 0 Å². The number of unbranched alkanes of at least 4 members (excludes halogenated alkanes) is 1. The van der Waals surface area contributed by atoms with Crippen molar-refractivity contribution in [1.29, 1.82) is 0 Å². The Morgan fingerprint density at radius 3 is 2.38 bits per heavy atom. The number of hydrogen-bond acceptors (Lipinski definition) is 5. The monoisotopic (exact) mass is 559 g/mol. The van der Waals surface area contributed by atoms with Gasteiger partial charge in [-0.05, 0) is 118 Å². The molecular weight excluding hydrogens is 506 g/mol. The zero-order valence-electron chi connectivity index (χ0n) is 25.5. The van der Waals surface area contributed by atoms with Crippen molar-refractivity contribution in [2.24, 2.45) is 51.2 Å². The Balaban J connectivity index is 1.12. The number of aliphatic hydroxyl groups excluding tert-OH is 1. The van der Waals surface area contributed by atoms with Gasteiger partial charge in [0.2, 0.25) is 0 Å². The molecule has 6 aliphatic rings. The Morgan fingerprint density at radius 2 is 1.70 bits per heavy atom. The zero-order chi connectivity index (χ0) is 28.9. The summed E-state index contributed by atoms with van der Waals surface area (Å²) in [7, 11) is 0. The number of nitrogens with zero attached hydrogens (tertiary/aromatic N) is 1. The highest BCUT2D eigenvalue weighted by Crippen LogP contribution is 2.87. The molecule has 0 aromatic rings. The third-order valence-corrected chi connectivity index (χ3v) is 13.8. The fourth-order valence-electron chi connectivity index (χ4n) is 11.6. The molecule has 6 rings (SSSR count). The number of likely N-dealkylation sites (tertiary alicyclic amines) is 1. The van der Waals surface area contributed by atoms with E-state index < -0.39 is 17.5 Å². The average Bonchev–Trinajstić information content (AvgIpc) is 3.41. The molecule has 40 heavy (non-hydrogen) atoms. The predicted molar refractivity (Wildman–Crippen MR) is 151 cm³/mol. The van der Waals surface area contributed by atoms with Crippen molar-refractivity contribution in [2.45, 2.75) is 129 Å². The summed E-state index contributed by atoms with van der Waals surface area (Å²) in [5.74, 6) is 0.910. The predicted octanol–water partition coefficient (Wildman–Crippen LogP) is 5.86. The lowest BCUT2D eigenvalue weighted by Gasteiger charge is -2.59. The van der Waals surface area contributed by atoms with Crippen molar-refractivity contribution >= 4 is 12.1 Å². The number of ether oxygens (including phenoxy) is 1. The number of amides is 1. The third-order valence-electron chi connectivity index (χ3n) is 13.8. The first-order valence-corrected chi connectivity index (χ1v) is 16.2. The van der Waals surface area contributed by atoms with Crippen molar-refractivity contribution in [1.82, 2.24) is 4.90 Å². The Labute approximate surface area is 240 Å². The Hall–Kier alpha value is -1.34. The molecule has 5 aliphatic carbocycles. The Kier molecular flexibility index (Phi) is 6.71. The number of hydrogen-bond donors (Lipinski definition) is 3. The minimum atomic E-state index is -0.838. The van der Waals surface area contributed by atoms with Crippen LogP contribution in [0.3, 0.4) is 0 Å². The van der Waals surface area contributed by atoms with Crippen molar-refractivity contribution < 1.29 is 29.6 Å². The van der Waals surface area contributed by atoms with E-state index in [1.54, 1.807) is 4.90 Å². The quantitative estimate of drug-likeness (QED) is 0.337. The van der Waals surface area contributed by atoms with Gasteiger partial charge in [-0.25, -0.2) is 4.79 Å². The van der Waals surface area contributed by atoms with Gasteiger partial charge in [0.05, 0.1) is 17.6 Å². The van der Waals surface area contributed by atoms with Crippen molar-refractivity contribution in [3.8, 4) is 0 Å². The smallest absolute Gasteiger partial charge is 0.410 e. The first-order chi connectivity index (χ1) is 18.6. The summed E-state index contributed by atoms with van der Waals surface area (Å²) in [6.45, 7) is 11.4. The van der Waals surface area contributed by atoms with Crippen LogP contribution in [-0.2, 0) is 9.53 Å². The van der Waals surface area contributed by atoms with Crippen LogP contribution in [0.4, 0.5) is 4.79 Å². The summed E-state index contributed by atoms with van der Waals surface area (Å²) in [6, 6.07) is 0. The van der Waals surface area contributed by atoms with Crippen LogP contribution in [0.1, 0.15) is 112 Å². The van der Waals surface area contributed by atoms with Crippen LogP contribution in [0.25, 0.3) is 0 Å². The molecule has 0 aromatic heterocycles. The summed E-state index contributed by atoms with van der Waals surface area (Å²) < 4.78 is 6.11. The van der Waals surface area contributed by atoms with Gasteiger partial charge >= 0.3 is 12.1 Å². The minimum Gasteiger partial charge on any atom is -0.481 e. The Bertz CT molecular complexity index is 1030. The van der Waals surface area contributed by atoms with Crippen molar-refractivity contribution in [2.75, 3.05) is 13.1 Å². The SMILES string of the molecule is CC(C)(O)CCCCC1[C@H](O)CC2[C@@H]3CCC4C(C)(C)[C@@H](OC(=O)N5CC(C(=O)O)C5)CC[C@@]45C[C@@]35CC[C@]12C. The van der Waals surface area contributed by atoms with Gasteiger partial charge in [-0.3, -0.25) is 4.79 Å². The molecule has 3 unspecified atom stereocenters. The number of aliphatic carboxylic acids is 1. The second kappa shape index (κ2) is 9.33. The van der Waals surface area contributed by atoms with Gasteiger partial charge in [-0.1, -0.05) is 33.6 Å². The molecular formula is C33H53NO6. The Morgan fingerprint density at radius 1 is 0.975 bits per heavy atom. The maximum atomic E-state index is 12.9. The van der Waals surface area contributed by atoms with Crippen LogP contribution in [0.2, 0.25) is 0 Å². The largest absolute Gasteiger partial charge is 0.481 e. The van der Waals surface area contributed by atoms with E-state index in [4.69, 9.17) is 9.84 Å². The second-order valence-corrected chi connectivity index (χ2v) is 16.5. The zero-order valence-corrected chi connectivity index (χ0v) is 25.5. The topological polar surface area (TPSA) is 107 Å². The molecule has 0 radical (unpaired) electrons.